The average Bonchev–Trinajstić information content (AvgIpc) is 2.42. The maximum absolute atomic E-state index is 12.0. The predicted octanol–water partition coefficient (Wildman–Crippen LogP) is 4.48. The molecule has 2 aromatic rings. The fourth-order valence-electron chi connectivity index (χ4n) is 1.99. The predicted molar refractivity (Wildman–Crippen MR) is 100 cm³/mol. The first-order chi connectivity index (χ1) is 11.4. The Morgan fingerprint density at radius 1 is 1.20 bits per heavy atom. The van der Waals surface area contributed by atoms with E-state index < -0.39 is 11.7 Å². The molecule has 0 unspecified atom stereocenters. The highest BCUT2D eigenvalue weighted by atomic mass is 35.5. The number of carbonyl (C=O) groups excluding carboxylic acids is 1. The van der Waals surface area contributed by atoms with Crippen LogP contribution in [0.5, 0.6) is 0 Å². The van der Waals surface area contributed by atoms with Crippen molar-refractivity contribution in [2.45, 2.75) is 47.1 Å². The summed E-state index contributed by atoms with van der Waals surface area (Å²) in [4.78, 5) is 24.6. The molecule has 2 rings (SSSR count). The van der Waals surface area contributed by atoms with Gasteiger partial charge in [0, 0.05) is 11.9 Å². The minimum atomic E-state index is -0.604. The van der Waals surface area contributed by atoms with Gasteiger partial charge in [-0.25, -0.2) is 19.7 Å². The molecule has 8 heteroatoms. The van der Waals surface area contributed by atoms with Gasteiger partial charge in [-0.3, -0.25) is 5.32 Å². The van der Waals surface area contributed by atoms with E-state index >= 15 is 0 Å². The van der Waals surface area contributed by atoms with Crippen molar-refractivity contribution in [3.05, 3.63) is 17.5 Å². The van der Waals surface area contributed by atoms with Gasteiger partial charge >= 0.3 is 6.09 Å². The van der Waals surface area contributed by atoms with E-state index in [2.05, 4.69) is 46.4 Å². The molecular weight excluding hydrogens is 342 g/mol. The lowest BCUT2D eigenvalue weighted by Gasteiger charge is -2.20. The summed E-state index contributed by atoms with van der Waals surface area (Å²) in [5.41, 5.74) is -0.0123. The molecule has 0 aliphatic rings. The second-order valence-electron chi connectivity index (χ2n) is 7.96. The Morgan fingerprint density at radius 2 is 1.88 bits per heavy atom. The van der Waals surface area contributed by atoms with Gasteiger partial charge in [-0.1, -0.05) is 32.4 Å². The first kappa shape index (κ1) is 19.2. The van der Waals surface area contributed by atoms with Gasteiger partial charge in [-0.15, -0.1) is 0 Å². The third kappa shape index (κ3) is 5.70. The molecule has 0 aromatic carbocycles. The van der Waals surface area contributed by atoms with E-state index in [4.69, 9.17) is 16.3 Å². The third-order valence-electron chi connectivity index (χ3n) is 2.99. The van der Waals surface area contributed by atoms with E-state index in [1.165, 1.54) is 6.33 Å². The molecule has 25 heavy (non-hydrogen) atoms. The lowest BCUT2D eigenvalue weighted by atomic mass is 9.97. The van der Waals surface area contributed by atoms with Gasteiger partial charge in [0.15, 0.2) is 5.15 Å². The van der Waals surface area contributed by atoms with Crippen molar-refractivity contribution in [1.82, 2.24) is 15.0 Å². The molecule has 1 amide bonds. The van der Waals surface area contributed by atoms with Crippen molar-refractivity contribution in [3.63, 3.8) is 0 Å². The Bertz CT molecular complexity index is 781. The highest BCUT2D eigenvalue weighted by molar-refractivity contribution is 6.34. The minimum absolute atomic E-state index is 0.0751. The highest BCUT2D eigenvalue weighted by Crippen LogP contribution is 2.28. The summed E-state index contributed by atoms with van der Waals surface area (Å²) < 4.78 is 5.24. The van der Waals surface area contributed by atoms with Crippen molar-refractivity contribution in [3.8, 4) is 0 Å². The summed E-state index contributed by atoms with van der Waals surface area (Å²) >= 11 is 6.22. The van der Waals surface area contributed by atoms with Crippen LogP contribution < -0.4 is 10.6 Å². The van der Waals surface area contributed by atoms with E-state index in [9.17, 15) is 4.79 Å². The first-order valence-electron chi connectivity index (χ1n) is 8.00. The summed E-state index contributed by atoms with van der Waals surface area (Å²) in [6.45, 7) is 12.4. The molecule has 0 spiro atoms. The number of amides is 1. The molecule has 0 aliphatic carbocycles. The summed E-state index contributed by atoms with van der Waals surface area (Å²) in [5.74, 6) is 0.914. The van der Waals surface area contributed by atoms with Crippen LogP contribution in [0.15, 0.2) is 12.4 Å². The second-order valence-corrected chi connectivity index (χ2v) is 8.32. The molecular formula is C17H24ClN5O2. The summed E-state index contributed by atoms with van der Waals surface area (Å²) in [7, 11) is 0. The smallest absolute Gasteiger partial charge is 0.413 e. The van der Waals surface area contributed by atoms with E-state index in [-0.39, 0.29) is 16.4 Å². The Hall–Kier alpha value is -2.15. The lowest BCUT2D eigenvalue weighted by Crippen LogP contribution is -2.27. The molecule has 0 saturated carbocycles. The fraction of sp³-hybridized carbons (Fsp3) is 0.529. The zero-order chi connectivity index (χ0) is 18.8. The SMILES string of the molecule is CC(C)(C)CNc1ncnc2c(Cl)nc(NC(=O)OC(C)(C)C)cc12. The van der Waals surface area contributed by atoms with Crippen LogP contribution in [0, 0.1) is 5.41 Å². The molecule has 0 radical (unpaired) electrons. The number of halogens is 1. The van der Waals surface area contributed by atoms with Crippen LogP contribution in [0.3, 0.4) is 0 Å². The molecule has 2 N–H and O–H groups in total. The van der Waals surface area contributed by atoms with Gasteiger partial charge in [0.2, 0.25) is 0 Å². The number of nitrogens with one attached hydrogen (secondary N) is 2. The number of aromatic nitrogens is 3. The minimum Gasteiger partial charge on any atom is -0.444 e. The topological polar surface area (TPSA) is 89.0 Å². The molecule has 136 valence electrons. The Morgan fingerprint density at radius 3 is 2.48 bits per heavy atom. The van der Waals surface area contributed by atoms with Crippen molar-refractivity contribution in [1.29, 1.82) is 0 Å². The first-order valence-corrected chi connectivity index (χ1v) is 8.37. The number of carbonyl (C=O) groups is 1. The van der Waals surface area contributed by atoms with Gasteiger partial charge < -0.3 is 10.1 Å². The molecule has 0 atom stereocenters. The number of anilines is 2. The van der Waals surface area contributed by atoms with Gasteiger partial charge in [0.25, 0.3) is 0 Å². The number of fused-ring (bicyclic) bond motifs is 1. The normalized spacial score (nSPS) is 12.1. The maximum atomic E-state index is 12.0. The van der Waals surface area contributed by atoms with Crippen LogP contribution in [0.1, 0.15) is 41.5 Å². The quantitative estimate of drug-likeness (QED) is 0.779. The van der Waals surface area contributed by atoms with Crippen LogP contribution in [0.4, 0.5) is 16.4 Å². The largest absolute Gasteiger partial charge is 0.444 e. The van der Waals surface area contributed by atoms with Crippen LogP contribution in [-0.2, 0) is 4.74 Å². The van der Waals surface area contributed by atoms with E-state index in [0.717, 1.165) is 0 Å². The van der Waals surface area contributed by atoms with Gasteiger partial charge in [0.1, 0.15) is 29.1 Å². The summed E-state index contributed by atoms with van der Waals surface area (Å²) in [6, 6.07) is 1.68. The monoisotopic (exact) mass is 365 g/mol. The number of pyridine rings is 1. The van der Waals surface area contributed by atoms with Crippen molar-refractivity contribution < 1.29 is 9.53 Å². The summed E-state index contributed by atoms with van der Waals surface area (Å²) in [5, 5.41) is 6.75. The zero-order valence-electron chi connectivity index (χ0n) is 15.4. The lowest BCUT2D eigenvalue weighted by molar-refractivity contribution is 0.0635. The van der Waals surface area contributed by atoms with Crippen LogP contribution in [0.2, 0.25) is 5.15 Å². The maximum Gasteiger partial charge on any atom is 0.413 e. The van der Waals surface area contributed by atoms with Crippen molar-refractivity contribution >= 4 is 40.2 Å². The zero-order valence-corrected chi connectivity index (χ0v) is 16.2. The number of hydrogen-bond acceptors (Lipinski definition) is 6. The number of ether oxygens (including phenoxy) is 1. The van der Waals surface area contributed by atoms with Gasteiger partial charge in [-0.05, 0) is 32.3 Å². The van der Waals surface area contributed by atoms with Crippen molar-refractivity contribution in [2.24, 2.45) is 5.41 Å². The third-order valence-corrected chi connectivity index (χ3v) is 3.26. The Kier molecular flexibility index (Phi) is 5.37. The summed E-state index contributed by atoms with van der Waals surface area (Å²) in [6.07, 6.45) is 0.832. The number of nitrogens with zero attached hydrogens (tertiary/aromatic N) is 3. The number of hydrogen-bond donors (Lipinski definition) is 2. The van der Waals surface area contributed by atoms with Gasteiger partial charge in [0.05, 0.1) is 0 Å². The van der Waals surface area contributed by atoms with E-state index in [0.29, 0.717) is 23.3 Å². The van der Waals surface area contributed by atoms with Crippen LogP contribution in [0.25, 0.3) is 10.9 Å². The molecule has 0 bridgehead atoms. The average molecular weight is 366 g/mol. The molecule has 0 fully saturated rings. The molecule has 7 nitrogen and oxygen atoms in total. The Labute approximate surface area is 152 Å². The van der Waals surface area contributed by atoms with Crippen molar-refractivity contribution in [2.75, 3.05) is 17.2 Å². The Balaban J connectivity index is 2.33. The second kappa shape index (κ2) is 7.00. The van der Waals surface area contributed by atoms with E-state index in [1.54, 1.807) is 26.8 Å². The van der Waals surface area contributed by atoms with Crippen LogP contribution in [-0.4, -0.2) is 33.2 Å². The van der Waals surface area contributed by atoms with Gasteiger partial charge in [-0.2, -0.15) is 0 Å². The standard InChI is InChI=1S/C17H24ClN5O2/c1-16(2,3)8-19-14-10-7-11(23-15(24)25-17(4,5)6)22-13(18)12(10)20-9-21-14/h7,9H,8H2,1-6H3,(H,19,20,21)(H,22,23,24). The highest BCUT2D eigenvalue weighted by Gasteiger charge is 2.18. The number of rotatable bonds is 3. The molecule has 2 aromatic heterocycles. The fourth-order valence-corrected chi connectivity index (χ4v) is 2.23. The van der Waals surface area contributed by atoms with E-state index in [1.807, 2.05) is 0 Å². The molecule has 2 heterocycles. The van der Waals surface area contributed by atoms with Crippen LogP contribution >= 0.6 is 11.6 Å². The molecule has 0 saturated heterocycles. The molecule has 0 aliphatic heterocycles.